The van der Waals surface area contributed by atoms with Gasteiger partial charge in [-0.3, -0.25) is 5.32 Å². The summed E-state index contributed by atoms with van der Waals surface area (Å²) in [6.07, 6.45) is 3.59. The lowest BCUT2D eigenvalue weighted by molar-refractivity contribution is 0.416. The van der Waals surface area contributed by atoms with Gasteiger partial charge in [0.15, 0.2) is 0 Å². The molecule has 3 nitrogen and oxygen atoms in total. The minimum absolute atomic E-state index is 0.610. The highest BCUT2D eigenvalue weighted by atomic mass is 32.2. The summed E-state index contributed by atoms with van der Waals surface area (Å²) in [5.74, 6) is 0.868. The summed E-state index contributed by atoms with van der Waals surface area (Å²) in [5.41, 5.74) is 0.433. The van der Waals surface area contributed by atoms with Gasteiger partial charge in [0.25, 0.3) is 0 Å². The molecular weight excluding hydrogens is 298 g/mol. The van der Waals surface area contributed by atoms with Crippen LogP contribution in [0.15, 0.2) is 46.2 Å². The van der Waals surface area contributed by atoms with E-state index in [0.29, 0.717) is 0 Å². The maximum atomic E-state index is 9.78. The van der Waals surface area contributed by atoms with E-state index < -0.39 is 5.54 Å². The molecule has 110 valence electrons. The quantitative estimate of drug-likeness (QED) is 0.746. The Morgan fingerprint density at radius 3 is 2.81 bits per heavy atom. The summed E-state index contributed by atoms with van der Waals surface area (Å²) in [6.45, 7) is 2.95. The first kappa shape index (κ1) is 16.0. The molecule has 5 heteroatoms. The lowest BCUT2D eigenvalue weighted by atomic mass is 9.88. The SMILES string of the molecule is CCCNC(C#N)(CCSc1nccs1)c1ccccc1. The van der Waals surface area contributed by atoms with Crippen LogP contribution in [-0.2, 0) is 5.54 Å². The van der Waals surface area contributed by atoms with E-state index in [9.17, 15) is 5.26 Å². The number of hydrogen-bond acceptors (Lipinski definition) is 5. The van der Waals surface area contributed by atoms with Crippen molar-refractivity contribution in [2.45, 2.75) is 29.6 Å². The predicted octanol–water partition coefficient (Wildman–Crippen LogP) is 4.04. The number of benzene rings is 1. The van der Waals surface area contributed by atoms with Gasteiger partial charge in [-0.1, -0.05) is 49.0 Å². The minimum atomic E-state index is -0.610. The lowest BCUT2D eigenvalue weighted by Gasteiger charge is -2.28. The topological polar surface area (TPSA) is 48.7 Å². The molecule has 0 aliphatic rings. The third-order valence-corrected chi connectivity index (χ3v) is 5.21. The summed E-state index contributed by atoms with van der Waals surface area (Å²) in [4.78, 5) is 4.27. The van der Waals surface area contributed by atoms with E-state index in [-0.39, 0.29) is 0 Å². The Balaban J connectivity index is 2.09. The van der Waals surface area contributed by atoms with Crippen molar-refractivity contribution in [3.63, 3.8) is 0 Å². The van der Waals surface area contributed by atoms with E-state index in [2.05, 4.69) is 23.3 Å². The minimum Gasteiger partial charge on any atom is -0.296 e. The smallest absolute Gasteiger partial charge is 0.149 e. The summed E-state index contributed by atoms with van der Waals surface area (Å²) < 4.78 is 1.06. The Bertz CT molecular complexity index is 563. The van der Waals surface area contributed by atoms with Gasteiger partial charge in [-0.25, -0.2) is 4.98 Å². The van der Waals surface area contributed by atoms with Crippen LogP contribution in [0.2, 0.25) is 0 Å². The zero-order chi connectivity index (χ0) is 15.0. The molecule has 1 unspecified atom stereocenters. The van der Waals surface area contributed by atoms with E-state index in [0.717, 1.165) is 35.0 Å². The molecule has 1 aromatic heterocycles. The zero-order valence-electron chi connectivity index (χ0n) is 12.1. The third kappa shape index (κ3) is 4.31. The highest BCUT2D eigenvalue weighted by molar-refractivity contribution is 8.00. The van der Waals surface area contributed by atoms with Crippen molar-refractivity contribution in [3.8, 4) is 6.07 Å². The van der Waals surface area contributed by atoms with Gasteiger partial charge in [-0.05, 0) is 24.9 Å². The first-order valence-corrected chi connectivity index (χ1v) is 8.91. The Morgan fingerprint density at radius 2 is 2.19 bits per heavy atom. The fourth-order valence-corrected chi connectivity index (χ4v) is 3.90. The van der Waals surface area contributed by atoms with E-state index in [1.165, 1.54) is 0 Å². The normalized spacial score (nSPS) is 13.5. The summed E-state index contributed by atoms with van der Waals surface area (Å²) >= 11 is 3.36. The number of aromatic nitrogens is 1. The summed E-state index contributed by atoms with van der Waals surface area (Å²) in [7, 11) is 0. The van der Waals surface area contributed by atoms with Gasteiger partial charge in [-0.15, -0.1) is 11.3 Å². The summed E-state index contributed by atoms with van der Waals surface area (Å²) in [6, 6.07) is 12.5. The molecule has 2 aromatic rings. The first-order valence-electron chi connectivity index (χ1n) is 7.05. The maximum Gasteiger partial charge on any atom is 0.149 e. The van der Waals surface area contributed by atoms with Gasteiger partial charge in [-0.2, -0.15) is 5.26 Å². The Kier molecular flexibility index (Phi) is 6.24. The molecule has 0 aliphatic carbocycles. The Hall–Kier alpha value is -1.35. The fourth-order valence-electron chi connectivity index (χ4n) is 2.13. The van der Waals surface area contributed by atoms with E-state index in [1.54, 1.807) is 23.1 Å². The van der Waals surface area contributed by atoms with Crippen LogP contribution in [0.5, 0.6) is 0 Å². The Labute approximate surface area is 134 Å². The number of nitrogens with one attached hydrogen (secondary N) is 1. The molecule has 0 bridgehead atoms. The van der Waals surface area contributed by atoms with Gasteiger partial charge < -0.3 is 0 Å². The number of thioether (sulfide) groups is 1. The zero-order valence-corrected chi connectivity index (χ0v) is 13.7. The van der Waals surface area contributed by atoms with E-state index >= 15 is 0 Å². The molecule has 0 saturated heterocycles. The van der Waals surface area contributed by atoms with Crippen molar-refractivity contribution in [2.24, 2.45) is 0 Å². The van der Waals surface area contributed by atoms with Crippen molar-refractivity contribution in [2.75, 3.05) is 12.3 Å². The summed E-state index contributed by atoms with van der Waals surface area (Å²) in [5, 5.41) is 15.2. The fraction of sp³-hybridized carbons (Fsp3) is 0.375. The molecule has 0 radical (unpaired) electrons. The molecular formula is C16H19N3S2. The maximum absolute atomic E-state index is 9.78. The molecule has 0 amide bonds. The van der Waals surface area contributed by atoms with Crippen molar-refractivity contribution in [1.82, 2.24) is 10.3 Å². The van der Waals surface area contributed by atoms with Crippen molar-refractivity contribution in [3.05, 3.63) is 47.5 Å². The number of hydrogen-bond donors (Lipinski definition) is 1. The number of thiazole rings is 1. The molecule has 1 N–H and O–H groups in total. The van der Waals surface area contributed by atoms with E-state index in [4.69, 9.17) is 0 Å². The highest BCUT2D eigenvalue weighted by Gasteiger charge is 2.31. The third-order valence-electron chi connectivity index (χ3n) is 3.25. The lowest BCUT2D eigenvalue weighted by Crippen LogP contribution is -2.42. The molecule has 0 fully saturated rings. The van der Waals surface area contributed by atoms with Gasteiger partial charge in [0.2, 0.25) is 0 Å². The number of nitriles is 1. The molecule has 21 heavy (non-hydrogen) atoms. The van der Waals surface area contributed by atoms with Gasteiger partial charge in [0.1, 0.15) is 9.88 Å². The van der Waals surface area contributed by atoms with Crippen molar-refractivity contribution in [1.29, 1.82) is 5.26 Å². The van der Waals surface area contributed by atoms with Gasteiger partial charge in [0.05, 0.1) is 6.07 Å². The van der Waals surface area contributed by atoms with Crippen LogP contribution in [0.3, 0.4) is 0 Å². The van der Waals surface area contributed by atoms with Crippen LogP contribution in [0, 0.1) is 11.3 Å². The van der Waals surface area contributed by atoms with Crippen molar-refractivity contribution < 1.29 is 0 Å². The molecule has 1 atom stereocenters. The second-order valence-corrected chi connectivity index (χ2v) is 6.94. The molecule has 0 spiro atoms. The molecule has 2 rings (SSSR count). The van der Waals surface area contributed by atoms with E-state index in [1.807, 2.05) is 41.9 Å². The van der Waals surface area contributed by atoms with Crippen LogP contribution >= 0.6 is 23.1 Å². The van der Waals surface area contributed by atoms with Gasteiger partial charge >= 0.3 is 0 Å². The monoisotopic (exact) mass is 317 g/mol. The van der Waals surface area contributed by atoms with Gasteiger partial charge in [0, 0.05) is 17.3 Å². The first-order chi connectivity index (χ1) is 10.3. The van der Waals surface area contributed by atoms with Crippen LogP contribution in [0.25, 0.3) is 0 Å². The van der Waals surface area contributed by atoms with Crippen LogP contribution < -0.4 is 5.32 Å². The second kappa shape index (κ2) is 8.18. The van der Waals surface area contributed by atoms with Crippen LogP contribution in [0.4, 0.5) is 0 Å². The number of rotatable bonds is 8. The molecule has 0 aliphatic heterocycles. The average molecular weight is 317 g/mol. The Morgan fingerprint density at radius 1 is 1.38 bits per heavy atom. The van der Waals surface area contributed by atoms with Crippen molar-refractivity contribution >= 4 is 23.1 Å². The van der Waals surface area contributed by atoms with Crippen LogP contribution in [0.1, 0.15) is 25.3 Å². The largest absolute Gasteiger partial charge is 0.296 e. The second-order valence-electron chi connectivity index (χ2n) is 4.71. The standard InChI is InChI=1S/C16H19N3S2/c1-2-9-19-16(13-17,14-6-4-3-5-7-14)8-11-20-15-18-10-12-21-15/h3-7,10,12,19H,2,8-9,11H2,1H3. The van der Waals surface area contributed by atoms with Crippen LogP contribution in [-0.4, -0.2) is 17.3 Å². The molecule has 1 heterocycles. The molecule has 0 saturated carbocycles. The average Bonchev–Trinajstić information content (AvgIpc) is 3.05. The molecule has 1 aromatic carbocycles. The highest BCUT2D eigenvalue weighted by Crippen LogP contribution is 2.29. The number of nitrogens with zero attached hydrogens (tertiary/aromatic N) is 2. The predicted molar refractivity (Wildman–Crippen MR) is 89.5 cm³/mol.